The van der Waals surface area contributed by atoms with Crippen LogP contribution in [0.15, 0.2) is 16.8 Å². The average molecular weight is 222 g/mol. The minimum Gasteiger partial charge on any atom is -0.387 e. The Morgan fingerprint density at radius 2 is 2.38 bits per heavy atom. The Kier molecular flexibility index (Phi) is 3.40. The third-order valence-corrected chi connectivity index (χ3v) is 2.68. The van der Waals surface area contributed by atoms with Gasteiger partial charge in [-0.05, 0) is 22.4 Å². The lowest BCUT2D eigenvalue weighted by molar-refractivity contribution is 0.182. The molecule has 0 spiro atoms. The molecule has 7 heteroatoms. The quantitative estimate of drug-likeness (QED) is 0.645. The monoisotopic (exact) mass is 222 g/mol. The molecule has 0 aliphatic rings. The summed E-state index contributed by atoms with van der Waals surface area (Å²) in [5.41, 5.74) is 0.682. The minimum absolute atomic E-state index is 0.102. The second-order valence-electron chi connectivity index (χ2n) is 2.47. The fraction of sp³-hybridized carbons (Fsp3) is 0.333. The van der Waals surface area contributed by atoms with Gasteiger partial charge in [-0.25, -0.2) is 5.14 Å². The fourth-order valence-electron chi connectivity index (χ4n) is 0.778. The third-order valence-electron chi connectivity index (χ3n) is 1.41. The van der Waals surface area contributed by atoms with Crippen molar-refractivity contribution < 1.29 is 13.5 Å². The van der Waals surface area contributed by atoms with Gasteiger partial charge in [0.15, 0.2) is 0 Å². The lowest BCUT2D eigenvalue weighted by Gasteiger charge is -2.08. The van der Waals surface area contributed by atoms with Crippen molar-refractivity contribution in [3.63, 3.8) is 0 Å². The smallest absolute Gasteiger partial charge is 0.274 e. The van der Waals surface area contributed by atoms with Gasteiger partial charge in [0.1, 0.15) is 0 Å². The summed E-state index contributed by atoms with van der Waals surface area (Å²) in [6.45, 7) is -0.102. The van der Waals surface area contributed by atoms with Crippen LogP contribution in [0.3, 0.4) is 0 Å². The van der Waals surface area contributed by atoms with E-state index in [0.29, 0.717) is 5.56 Å². The van der Waals surface area contributed by atoms with Crippen molar-refractivity contribution in [3.8, 4) is 0 Å². The van der Waals surface area contributed by atoms with Crippen LogP contribution in [0.2, 0.25) is 0 Å². The Hall–Kier alpha value is -0.470. The first-order valence-electron chi connectivity index (χ1n) is 3.46. The molecule has 1 heterocycles. The summed E-state index contributed by atoms with van der Waals surface area (Å²) in [5.74, 6) is 0. The number of aliphatic hydroxyl groups excluding tert-OH is 1. The summed E-state index contributed by atoms with van der Waals surface area (Å²) in [6, 6.07) is 1.72. The summed E-state index contributed by atoms with van der Waals surface area (Å²) < 4.78 is 22.9. The molecule has 74 valence electrons. The van der Waals surface area contributed by atoms with Crippen LogP contribution in [-0.2, 0) is 10.2 Å². The van der Waals surface area contributed by atoms with E-state index in [4.69, 9.17) is 0 Å². The van der Waals surface area contributed by atoms with Crippen molar-refractivity contribution in [2.24, 2.45) is 5.14 Å². The molecule has 1 aromatic rings. The van der Waals surface area contributed by atoms with Crippen molar-refractivity contribution in [3.05, 3.63) is 22.4 Å². The Balaban J connectivity index is 2.48. The zero-order valence-electron chi connectivity index (χ0n) is 6.67. The first-order valence-corrected chi connectivity index (χ1v) is 5.95. The SMILES string of the molecule is NS(=O)(=O)NCC(O)c1ccsc1. The normalized spacial score (nSPS) is 14.3. The van der Waals surface area contributed by atoms with E-state index in [-0.39, 0.29) is 6.54 Å². The molecule has 4 N–H and O–H groups in total. The minimum atomic E-state index is -3.72. The van der Waals surface area contributed by atoms with Crippen LogP contribution in [0.1, 0.15) is 11.7 Å². The first kappa shape index (κ1) is 10.6. The molecule has 0 saturated carbocycles. The van der Waals surface area contributed by atoms with Crippen LogP contribution < -0.4 is 9.86 Å². The van der Waals surface area contributed by atoms with Gasteiger partial charge in [0.25, 0.3) is 10.2 Å². The van der Waals surface area contributed by atoms with Crippen LogP contribution >= 0.6 is 11.3 Å². The highest BCUT2D eigenvalue weighted by Crippen LogP contribution is 2.14. The van der Waals surface area contributed by atoms with E-state index in [1.54, 1.807) is 16.8 Å². The van der Waals surface area contributed by atoms with Crippen LogP contribution in [-0.4, -0.2) is 20.1 Å². The molecule has 1 aromatic heterocycles. The highest BCUT2D eigenvalue weighted by atomic mass is 32.2. The molecule has 0 saturated heterocycles. The van der Waals surface area contributed by atoms with E-state index in [1.165, 1.54) is 11.3 Å². The second kappa shape index (κ2) is 4.16. The Morgan fingerprint density at radius 3 is 2.85 bits per heavy atom. The molecule has 0 bridgehead atoms. The van der Waals surface area contributed by atoms with E-state index >= 15 is 0 Å². The van der Waals surface area contributed by atoms with Crippen molar-refractivity contribution in [1.29, 1.82) is 0 Å². The van der Waals surface area contributed by atoms with Gasteiger partial charge in [-0.3, -0.25) is 0 Å². The highest BCUT2D eigenvalue weighted by Gasteiger charge is 2.10. The number of aliphatic hydroxyl groups is 1. The van der Waals surface area contributed by atoms with Gasteiger partial charge in [0.05, 0.1) is 6.10 Å². The highest BCUT2D eigenvalue weighted by molar-refractivity contribution is 7.87. The van der Waals surface area contributed by atoms with E-state index in [2.05, 4.69) is 5.14 Å². The predicted molar refractivity (Wildman–Crippen MR) is 50.4 cm³/mol. The summed E-state index contributed by atoms with van der Waals surface area (Å²) in [6.07, 6.45) is -0.843. The molecule has 0 aromatic carbocycles. The fourth-order valence-corrected chi connectivity index (χ4v) is 1.87. The van der Waals surface area contributed by atoms with Crippen LogP contribution in [0, 0.1) is 0 Å². The molecule has 0 aliphatic carbocycles. The Labute approximate surface area is 80.4 Å². The van der Waals surface area contributed by atoms with Gasteiger partial charge < -0.3 is 5.11 Å². The van der Waals surface area contributed by atoms with Gasteiger partial charge >= 0.3 is 0 Å². The molecule has 0 aliphatic heterocycles. The van der Waals surface area contributed by atoms with Crippen LogP contribution in [0.25, 0.3) is 0 Å². The standard InChI is InChI=1S/C6H10N2O3S2/c7-13(10,11)8-3-6(9)5-1-2-12-4-5/h1-2,4,6,8-9H,3H2,(H2,7,10,11). The summed E-state index contributed by atoms with van der Waals surface area (Å²) in [4.78, 5) is 0. The van der Waals surface area contributed by atoms with Gasteiger partial charge in [0.2, 0.25) is 0 Å². The van der Waals surface area contributed by atoms with Gasteiger partial charge in [-0.15, -0.1) is 0 Å². The maximum Gasteiger partial charge on any atom is 0.274 e. The zero-order valence-corrected chi connectivity index (χ0v) is 8.31. The van der Waals surface area contributed by atoms with Gasteiger partial charge in [0, 0.05) is 6.54 Å². The predicted octanol–water partition coefficient (Wildman–Crippen LogP) is -0.425. The summed E-state index contributed by atoms with van der Waals surface area (Å²) in [7, 11) is -3.72. The van der Waals surface area contributed by atoms with Crippen molar-refractivity contribution in [2.75, 3.05) is 6.54 Å². The van der Waals surface area contributed by atoms with Crippen molar-refractivity contribution in [2.45, 2.75) is 6.10 Å². The number of nitrogens with two attached hydrogens (primary N) is 1. The number of hydrogen-bond acceptors (Lipinski definition) is 4. The Bertz CT molecular complexity index is 346. The molecule has 5 nitrogen and oxygen atoms in total. The molecule has 1 unspecified atom stereocenters. The van der Waals surface area contributed by atoms with Gasteiger partial charge in [-0.1, -0.05) is 0 Å². The lowest BCUT2D eigenvalue weighted by atomic mass is 10.2. The number of thiophene rings is 1. The van der Waals surface area contributed by atoms with Crippen LogP contribution in [0.4, 0.5) is 0 Å². The molecular formula is C6H10N2O3S2. The summed E-state index contributed by atoms with van der Waals surface area (Å²) >= 11 is 1.43. The topological polar surface area (TPSA) is 92.4 Å². The largest absolute Gasteiger partial charge is 0.387 e. The number of rotatable bonds is 4. The van der Waals surface area contributed by atoms with Gasteiger partial charge in [-0.2, -0.15) is 24.5 Å². The molecule has 0 fully saturated rings. The maximum atomic E-state index is 10.5. The van der Waals surface area contributed by atoms with E-state index in [1.807, 2.05) is 4.72 Å². The lowest BCUT2D eigenvalue weighted by Crippen LogP contribution is -2.33. The number of nitrogens with one attached hydrogen (secondary N) is 1. The van der Waals surface area contributed by atoms with E-state index < -0.39 is 16.3 Å². The molecule has 1 atom stereocenters. The second-order valence-corrected chi connectivity index (χ2v) is 4.62. The first-order chi connectivity index (χ1) is 5.99. The molecule has 13 heavy (non-hydrogen) atoms. The molecular weight excluding hydrogens is 212 g/mol. The zero-order chi connectivity index (χ0) is 9.90. The third kappa shape index (κ3) is 3.83. The maximum absolute atomic E-state index is 10.5. The molecule has 1 rings (SSSR count). The van der Waals surface area contributed by atoms with E-state index in [0.717, 1.165) is 0 Å². The van der Waals surface area contributed by atoms with E-state index in [9.17, 15) is 13.5 Å². The number of hydrogen-bond donors (Lipinski definition) is 3. The van der Waals surface area contributed by atoms with Crippen LogP contribution in [0.5, 0.6) is 0 Å². The molecule has 0 amide bonds. The van der Waals surface area contributed by atoms with Crippen molar-refractivity contribution >= 4 is 21.5 Å². The summed E-state index contributed by atoms with van der Waals surface area (Å²) in [5, 5.41) is 17.6. The van der Waals surface area contributed by atoms with Crippen molar-refractivity contribution in [1.82, 2.24) is 4.72 Å². The Morgan fingerprint density at radius 1 is 1.69 bits per heavy atom. The molecule has 0 radical (unpaired) electrons. The average Bonchev–Trinajstić information content (AvgIpc) is 2.50.